The van der Waals surface area contributed by atoms with Gasteiger partial charge in [-0.1, -0.05) is 62.4 Å². The fourth-order valence-electron chi connectivity index (χ4n) is 3.27. The monoisotopic (exact) mass is 276 g/mol. The molecule has 0 bridgehead atoms. The highest BCUT2D eigenvalue weighted by Gasteiger charge is 2.25. The zero-order chi connectivity index (χ0) is 14.4. The molecule has 3 atom stereocenters. The van der Waals surface area contributed by atoms with Crippen molar-refractivity contribution in [1.82, 2.24) is 0 Å². The summed E-state index contributed by atoms with van der Waals surface area (Å²) in [5.41, 5.74) is 13.5. The molecule has 1 fully saturated rings. The van der Waals surface area contributed by atoms with Crippen molar-refractivity contribution in [3.63, 3.8) is 0 Å². The van der Waals surface area contributed by atoms with Gasteiger partial charge in [-0.2, -0.15) is 0 Å². The molecule has 1 saturated carbocycles. The van der Waals surface area contributed by atoms with E-state index < -0.39 is 6.10 Å². The summed E-state index contributed by atoms with van der Waals surface area (Å²) >= 11 is 0. The van der Waals surface area contributed by atoms with Crippen LogP contribution in [0.25, 0.3) is 0 Å². The number of hydrogen-bond acceptors (Lipinski definition) is 3. The van der Waals surface area contributed by atoms with Crippen molar-refractivity contribution < 1.29 is 5.11 Å². The minimum atomic E-state index is -0.614. The SMILES string of the molecule is N[C@H](Cc1ccccc1)C(O)[C@H](N)CC1CCCCC1. The molecule has 0 spiro atoms. The van der Waals surface area contributed by atoms with Crippen LogP contribution in [-0.2, 0) is 6.42 Å². The predicted molar refractivity (Wildman–Crippen MR) is 83.3 cm³/mol. The molecule has 3 heteroatoms. The van der Waals surface area contributed by atoms with E-state index >= 15 is 0 Å². The van der Waals surface area contributed by atoms with E-state index in [4.69, 9.17) is 11.5 Å². The van der Waals surface area contributed by atoms with Gasteiger partial charge in [-0.15, -0.1) is 0 Å². The number of aliphatic hydroxyl groups is 1. The third kappa shape index (κ3) is 4.58. The third-order valence-electron chi connectivity index (χ3n) is 4.52. The van der Waals surface area contributed by atoms with Crippen LogP contribution in [0.15, 0.2) is 30.3 Å². The fraction of sp³-hybridized carbons (Fsp3) is 0.647. The maximum Gasteiger partial charge on any atom is 0.0844 e. The Hall–Kier alpha value is -0.900. The van der Waals surface area contributed by atoms with E-state index in [2.05, 4.69) is 0 Å². The first-order chi connectivity index (χ1) is 9.66. The van der Waals surface area contributed by atoms with Crippen LogP contribution in [-0.4, -0.2) is 23.3 Å². The normalized spacial score (nSPS) is 21.4. The van der Waals surface area contributed by atoms with Gasteiger partial charge in [0, 0.05) is 12.1 Å². The van der Waals surface area contributed by atoms with Crippen molar-refractivity contribution in [2.75, 3.05) is 0 Å². The number of nitrogens with two attached hydrogens (primary N) is 2. The van der Waals surface area contributed by atoms with Gasteiger partial charge in [0.15, 0.2) is 0 Å². The molecule has 3 nitrogen and oxygen atoms in total. The molecule has 0 aromatic heterocycles. The van der Waals surface area contributed by atoms with Crippen LogP contribution >= 0.6 is 0 Å². The van der Waals surface area contributed by atoms with Crippen LogP contribution in [0.1, 0.15) is 44.1 Å². The minimum Gasteiger partial charge on any atom is -0.390 e. The quantitative estimate of drug-likeness (QED) is 0.746. The zero-order valence-electron chi connectivity index (χ0n) is 12.2. The third-order valence-corrected chi connectivity index (χ3v) is 4.52. The average Bonchev–Trinajstić information content (AvgIpc) is 2.48. The molecular formula is C17H28N2O. The summed E-state index contributed by atoms with van der Waals surface area (Å²) < 4.78 is 0. The number of rotatable bonds is 6. The molecule has 20 heavy (non-hydrogen) atoms. The van der Waals surface area contributed by atoms with Gasteiger partial charge in [0.05, 0.1) is 6.10 Å². The fourth-order valence-corrected chi connectivity index (χ4v) is 3.27. The van der Waals surface area contributed by atoms with Gasteiger partial charge in [0.25, 0.3) is 0 Å². The van der Waals surface area contributed by atoms with Gasteiger partial charge in [0.1, 0.15) is 0 Å². The van der Waals surface area contributed by atoms with Crippen LogP contribution in [0.2, 0.25) is 0 Å². The lowest BCUT2D eigenvalue weighted by Crippen LogP contribution is -2.49. The highest BCUT2D eigenvalue weighted by Crippen LogP contribution is 2.27. The van der Waals surface area contributed by atoms with E-state index in [0.717, 1.165) is 12.0 Å². The molecule has 112 valence electrons. The van der Waals surface area contributed by atoms with E-state index in [-0.39, 0.29) is 12.1 Å². The maximum absolute atomic E-state index is 10.3. The van der Waals surface area contributed by atoms with E-state index in [0.29, 0.717) is 12.3 Å². The number of hydrogen-bond donors (Lipinski definition) is 3. The second kappa shape index (κ2) is 7.77. The number of aliphatic hydroxyl groups excluding tert-OH is 1. The Morgan fingerprint density at radius 1 is 1.00 bits per heavy atom. The Balaban J connectivity index is 1.80. The smallest absolute Gasteiger partial charge is 0.0844 e. The van der Waals surface area contributed by atoms with Crippen molar-refractivity contribution in [2.24, 2.45) is 17.4 Å². The Morgan fingerprint density at radius 3 is 2.30 bits per heavy atom. The van der Waals surface area contributed by atoms with E-state index in [1.807, 2.05) is 30.3 Å². The standard InChI is InChI=1S/C17H28N2O/c18-15(11-13-7-3-1-4-8-13)17(20)16(19)12-14-9-5-2-6-10-14/h1,3-4,7-8,14-17,20H,2,5-6,9-12,18-19H2/t15-,16-,17?/m1/s1. The predicted octanol–water partition coefficient (Wildman–Crippen LogP) is 2.21. The maximum atomic E-state index is 10.3. The molecule has 1 aliphatic rings. The van der Waals surface area contributed by atoms with Gasteiger partial charge >= 0.3 is 0 Å². The Bertz CT molecular complexity index is 376. The van der Waals surface area contributed by atoms with Crippen LogP contribution in [0.4, 0.5) is 0 Å². The van der Waals surface area contributed by atoms with Gasteiger partial charge in [-0.3, -0.25) is 0 Å². The Kier molecular flexibility index (Phi) is 6.02. The topological polar surface area (TPSA) is 72.3 Å². The highest BCUT2D eigenvalue weighted by molar-refractivity contribution is 5.16. The molecule has 0 amide bonds. The van der Waals surface area contributed by atoms with Gasteiger partial charge in [-0.25, -0.2) is 0 Å². The summed E-state index contributed by atoms with van der Waals surface area (Å²) in [6, 6.07) is 9.58. The largest absolute Gasteiger partial charge is 0.390 e. The first-order valence-electron chi connectivity index (χ1n) is 7.90. The first-order valence-corrected chi connectivity index (χ1v) is 7.90. The van der Waals surface area contributed by atoms with E-state index in [9.17, 15) is 5.11 Å². The lowest BCUT2D eigenvalue weighted by molar-refractivity contribution is 0.101. The molecule has 1 aliphatic carbocycles. The summed E-state index contributed by atoms with van der Waals surface area (Å²) in [5, 5.41) is 10.3. The molecule has 2 rings (SSSR count). The molecule has 0 aliphatic heterocycles. The Labute approximate surface area is 122 Å². The van der Waals surface area contributed by atoms with Crippen LogP contribution in [0.5, 0.6) is 0 Å². The molecular weight excluding hydrogens is 248 g/mol. The summed E-state index contributed by atoms with van der Waals surface area (Å²) in [4.78, 5) is 0. The van der Waals surface area contributed by atoms with E-state index in [1.54, 1.807) is 0 Å². The van der Waals surface area contributed by atoms with Gasteiger partial charge < -0.3 is 16.6 Å². The van der Waals surface area contributed by atoms with Crippen LogP contribution in [0.3, 0.4) is 0 Å². The van der Waals surface area contributed by atoms with Crippen molar-refractivity contribution in [2.45, 2.75) is 63.1 Å². The molecule has 1 aromatic rings. The molecule has 1 unspecified atom stereocenters. The second-order valence-corrected chi connectivity index (χ2v) is 6.25. The van der Waals surface area contributed by atoms with Crippen molar-refractivity contribution in [1.29, 1.82) is 0 Å². The zero-order valence-corrected chi connectivity index (χ0v) is 12.2. The summed E-state index contributed by atoms with van der Waals surface area (Å²) in [6.45, 7) is 0. The van der Waals surface area contributed by atoms with Gasteiger partial charge in [-0.05, 0) is 24.3 Å². The highest BCUT2D eigenvalue weighted by atomic mass is 16.3. The first kappa shape index (κ1) is 15.5. The molecule has 5 N–H and O–H groups in total. The van der Waals surface area contributed by atoms with Crippen molar-refractivity contribution >= 4 is 0 Å². The summed E-state index contributed by atoms with van der Waals surface area (Å²) in [5.74, 6) is 0.678. The lowest BCUT2D eigenvalue weighted by atomic mass is 9.82. The molecule has 0 saturated heterocycles. The average molecular weight is 276 g/mol. The Morgan fingerprint density at radius 2 is 1.65 bits per heavy atom. The van der Waals surface area contributed by atoms with Gasteiger partial charge in [0.2, 0.25) is 0 Å². The molecule has 0 heterocycles. The van der Waals surface area contributed by atoms with Crippen molar-refractivity contribution in [3.8, 4) is 0 Å². The van der Waals surface area contributed by atoms with E-state index in [1.165, 1.54) is 32.1 Å². The lowest BCUT2D eigenvalue weighted by Gasteiger charge is -2.29. The summed E-state index contributed by atoms with van der Waals surface area (Å²) in [7, 11) is 0. The minimum absolute atomic E-state index is 0.197. The van der Waals surface area contributed by atoms with Crippen LogP contribution < -0.4 is 11.5 Å². The second-order valence-electron chi connectivity index (χ2n) is 6.25. The van der Waals surface area contributed by atoms with Crippen LogP contribution in [0, 0.1) is 5.92 Å². The number of benzene rings is 1. The molecule has 1 aromatic carbocycles. The molecule has 0 radical (unpaired) electrons. The summed E-state index contributed by atoms with van der Waals surface area (Å²) in [6.07, 6.45) is 7.46. The van der Waals surface area contributed by atoms with Crippen molar-refractivity contribution in [3.05, 3.63) is 35.9 Å².